The minimum absolute atomic E-state index is 0.187. The number of ether oxygens (including phenoxy) is 1. The predicted molar refractivity (Wildman–Crippen MR) is 80.7 cm³/mol. The summed E-state index contributed by atoms with van der Waals surface area (Å²) in [4.78, 5) is 12.0. The van der Waals surface area contributed by atoms with Crippen molar-refractivity contribution in [2.24, 2.45) is 5.73 Å². The van der Waals surface area contributed by atoms with Gasteiger partial charge in [-0.2, -0.15) is 0 Å². The van der Waals surface area contributed by atoms with Crippen LogP contribution < -0.4 is 11.1 Å². The van der Waals surface area contributed by atoms with Crippen molar-refractivity contribution >= 4 is 5.91 Å². The van der Waals surface area contributed by atoms with Crippen LogP contribution in [0.2, 0.25) is 0 Å². The molecule has 0 aliphatic carbocycles. The zero-order valence-corrected chi connectivity index (χ0v) is 12.4. The van der Waals surface area contributed by atoms with E-state index in [0.29, 0.717) is 19.4 Å². The summed E-state index contributed by atoms with van der Waals surface area (Å²) in [6, 6.07) is 9.37. The number of carbonyl (C=O) groups excluding carboxylic acids is 1. The van der Waals surface area contributed by atoms with E-state index in [1.165, 1.54) is 0 Å². The Morgan fingerprint density at radius 2 is 2.24 bits per heavy atom. The molecule has 116 valence electrons. The highest BCUT2D eigenvalue weighted by Crippen LogP contribution is 2.24. The molecule has 1 aliphatic heterocycles. The van der Waals surface area contributed by atoms with Gasteiger partial charge in [0.1, 0.15) is 5.60 Å². The number of nitrogens with two attached hydrogens (primary N) is 1. The summed E-state index contributed by atoms with van der Waals surface area (Å²) in [5, 5.41) is 13.1. The first-order chi connectivity index (χ1) is 10.0. The number of nitrogens with one attached hydrogen (secondary N) is 1. The third-order valence-electron chi connectivity index (χ3n) is 4.15. The van der Waals surface area contributed by atoms with Crippen molar-refractivity contribution in [3.8, 4) is 0 Å². The molecule has 3 unspecified atom stereocenters. The minimum Gasteiger partial charge on any atom is -0.385 e. The molecular weight excluding hydrogens is 268 g/mol. The van der Waals surface area contributed by atoms with Crippen molar-refractivity contribution in [3.63, 3.8) is 0 Å². The summed E-state index contributed by atoms with van der Waals surface area (Å²) < 4.78 is 5.33. The van der Waals surface area contributed by atoms with Crippen LogP contribution in [0.1, 0.15) is 25.3 Å². The standard InChI is InChI=1S/C16H24N2O3/c1-12-16(20,9-10-21-12)11-18-15(19)14(17)8-7-13-5-3-2-4-6-13/h2-6,12,14,20H,7-11,17H2,1H3,(H,18,19). The van der Waals surface area contributed by atoms with Crippen molar-refractivity contribution in [2.45, 2.75) is 43.9 Å². The molecule has 1 fully saturated rings. The molecule has 0 radical (unpaired) electrons. The lowest BCUT2D eigenvalue weighted by molar-refractivity contribution is -0.124. The molecule has 1 aliphatic rings. The Bertz CT molecular complexity index is 466. The Morgan fingerprint density at radius 3 is 2.86 bits per heavy atom. The number of rotatable bonds is 6. The fourth-order valence-corrected chi connectivity index (χ4v) is 2.47. The molecule has 1 saturated heterocycles. The van der Waals surface area contributed by atoms with E-state index in [4.69, 9.17) is 10.5 Å². The van der Waals surface area contributed by atoms with Gasteiger partial charge in [-0.3, -0.25) is 4.79 Å². The SMILES string of the molecule is CC1OCCC1(O)CNC(=O)C(N)CCc1ccccc1. The van der Waals surface area contributed by atoms with Gasteiger partial charge in [0.05, 0.1) is 12.1 Å². The van der Waals surface area contributed by atoms with Crippen LogP contribution in [0, 0.1) is 0 Å². The number of aliphatic hydroxyl groups is 1. The number of aryl methyl sites for hydroxylation is 1. The fourth-order valence-electron chi connectivity index (χ4n) is 2.47. The second-order valence-electron chi connectivity index (χ2n) is 5.72. The first kappa shape index (κ1) is 15.9. The van der Waals surface area contributed by atoms with E-state index >= 15 is 0 Å². The molecule has 1 aromatic rings. The highest BCUT2D eigenvalue weighted by Gasteiger charge is 2.39. The zero-order chi connectivity index (χ0) is 15.3. The van der Waals surface area contributed by atoms with Gasteiger partial charge in [-0.05, 0) is 25.3 Å². The third-order valence-corrected chi connectivity index (χ3v) is 4.15. The molecule has 2 rings (SSSR count). The van der Waals surface area contributed by atoms with Crippen LogP contribution >= 0.6 is 0 Å². The summed E-state index contributed by atoms with van der Waals surface area (Å²) >= 11 is 0. The Balaban J connectivity index is 1.75. The molecule has 0 aromatic heterocycles. The highest BCUT2D eigenvalue weighted by molar-refractivity contribution is 5.81. The monoisotopic (exact) mass is 292 g/mol. The van der Waals surface area contributed by atoms with Crippen LogP contribution in [0.4, 0.5) is 0 Å². The van der Waals surface area contributed by atoms with Crippen LogP contribution in [0.25, 0.3) is 0 Å². The number of amides is 1. The van der Waals surface area contributed by atoms with E-state index in [-0.39, 0.29) is 18.6 Å². The Morgan fingerprint density at radius 1 is 1.52 bits per heavy atom. The average molecular weight is 292 g/mol. The fraction of sp³-hybridized carbons (Fsp3) is 0.562. The van der Waals surface area contributed by atoms with Crippen LogP contribution in [-0.2, 0) is 16.0 Å². The highest BCUT2D eigenvalue weighted by atomic mass is 16.5. The second-order valence-corrected chi connectivity index (χ2v) is 5.72. The van der Waals surface area contributed by atoms with Gasteiger partial charge in [0.25, 0.3) is 0 Å². The van der Waals surface area contributed by atoms with Gasteiger partial charge in [0, 0.05) is 19.6 Å². The largest absolute Gasteiger partial charge is 0.385 e. The van der Waals surface area contributed by atoms with Crippen molar-refractivity contribution in [2.75, 3.05) is 13.2 Å². The Hall–Kier alpha value is -1.43. The molecule has 0 saturated carbocycles. The van der Waals surface area contributed by atoms with Gasteiger partial charge >= 0.3 is 0 Å². The van der Waals surface area contributed by atoms with Gasteiger partial charge < -0.3 is 20.9 Å². The predicted octanol–water partition coefficient (Wildman–Crippen LogP) is 0.603. The smallest absolute Gasteiger partial charge is 0.237 e. The van der Waals surface area contributed by atoms with E-state index in [9.17, 15) is 9.90 Å². The number of hydrogen-bond donors (Lipinski definition) is 3. The normalized spacial score (nSPS) is 26.5. The molecule has 0 spiro atoms. The third kappa shape index (κ3) is 4.27. The van der Waals surface area contributed by atoms with Crippen molar-refractivity contribution in [1.82, 2.24) is 5.32 Å². The Kier molecular flexibility index (Phi) is 5.33. The maximum Gasteiger partial charge on any atom is 0.237 e. The van der Waals surface area contributed by atoms with Gasteiger partial charge in [-0.15, -0.1) is 0 Å². The van der Waals surface area contributed by atoms with Crippen molar-refractivity contribution < 1.29 is 14.6 Å². The summed E-state index contributed by atoms with van der Waals surface area (Å²) in [6.07, 6.45) is 1.62. The molecule has 4 N–H and O–H groups in total. The molecule has 3 atom stereocenters. The number of benzene rings is 1. The zero-order valence-electron chi connectivity index (χ0n) is 12.4. The quantitative estimate of drug-likeness (QED) is 0.717. The van der Waals surface area contributed by atoms with Gasteiger partial charge in [-0.1, -0.05) is 30.3 Å². The first-order valence-corrected chi connectivity index (χ1v) is 7.42. The summed E-state index contributed by atoms with van der Waals surface area (Å²) in [6.45, 7) is 2.52. The topological polar surface area (TPSA) is 84.6 Å². The molecule has 1 heterocycles. The molecule has 5 heteroatoms. The maximum absolute atomic E-state index is 12.0. The molecule has 1 amide bonds. The molecule has 21 heavy (non-hydrogen) atoms. The number of carbonyl (C=O) groups is 1. The number of hydrogen-bond acceptors (Lipinski definition) is 4. The molecular formula is C16H24N2O3. The molecule has 5 nitrogen and oxygen atoms in total. The van der Waals surface area contributed by atoms with Crippen molar-refractivity contribution in [1.29, 1.82) is 0 Å². The van der Waals surface area contributed by atoms with Crippen LogP contribution in [0.3, 0.4) is 0 Å². The van der Waals surface area contributed by atoms with E-state index < -0.39 is 11.6 Å². The van der Waals surface area contributed by atoms with E-state index in [2.05, 4.69) is 5.32 Å². The van der Waals surface area contributed by atoms with Crippen molar-refractivity contribution in [3.05, 3.63) is 35.9 Å². The van der Waals surface area contributed by atoms with Gasteiger partial charge in [0.2, 0.25) is 5.91 Å². The van der Waals surface area contributed by atoms with E-state index in [1.807, 2.05) is 37.3 Å². The van der Waals surface area contributed by atoms with E-state index in [1.54, 1.807) is 0 Å². The summed E-state index contributed by atoms with van der Waals surface area (Å²) in [7, 11) is 0. The summed E-state index contributed by atoms with van der Waals surface area (Å²) in [5.41, 5.74) is 6.09. The average Bonchev–Trinajstić information content (AvgIpc) is 2.83. The van der Waals surface area contributed by atoms with Crippen LogP contribution in [0.5, 0.6) is 0 Å². The lowest BCUT2D eigenvalue weighted by Gasteiger charge is -2.26. The lowest BCUT2D eigenvalue weighted by Crippen LogP contribution is -2.51. The second kappa shape index (κ2) is 7.02. The van der Waals surface area contributed by atoms with E-state index in [0.717, 1.165) is 12.0 Å². The Labute approximate surface area is 125 Å². The first-order valence-electron chi connectivity index (χ1n) is 7.42. The van der Waals surface area contributed by atoms with Gasteiger partial charge in [0.15, 0.2) is 0 Å². The van der Waals surface area contributed by atoms with Crippen LogP contribution in [0.15, 0.2) is 30.3 Å². The van der Waals surface area contributed by atoms with Crippen LogP contribution in [-0.4, -0.2) is 41.9 Å². The minimum atomic E-state index is -0.977. The summed E-state index contributed by atoms with van der Waals surface area (Å²) in [5.74, 6) is -0.224. The lowest BCUT2D eigenvalue weighted by atomic mass is 9.96. The molecule has 1 aromatic carbocycles. The maximum atomic E-state index is 12.0. The molecule has 0 bridgehead atoms. The van der Waals surface area contributed by atoms with Gasteiger partial charge in [-0.25, -0.2) is 0 Å².